The number of aromatic nitrogens is 2. The summed E-state index contributed by atoms with van der Waals surface area (Å²) in [4.78, 5) is 38.4. The van der Waals surface area contributed by atoms with Gasteiger partial charge in [-0.15, -0.1) is 4.68 Å². The van der Waals surface area contributed by atoms with E-state index >= 15 is 0 Å². The highest BCUT2D eigenvalue weighted by Crippen LogP contribution is 2.38. The van der Waals surface area contributed by atoms with E-state index in [1.807, 2.05) is 20.8 Å². The van der Waals surface area contributed by atoms with Crippen LogP contribution < -0.4 is 20.7 Å². The molecule has 10 heteroatoms. The topological polar surface area (TPSA) is 129 Å². The van der Waals surface area contributed by atoms with E-state index in [0.29, 0.717) is 10.2 Å². The highest BCUT2D eigenvalue weighted by Gasteiger charge is 2.24. The number of ether oxygens (including phenoxy) is 2. The zero-order chi connectivity index (χ0) is 22.8. The summed E-state index contributed by atoms with van der Waals surface area (Å²) in [6.07, 6.45) is 1.18. The highest BCUT2D eigenvalue weighted by atomic mass is 16.6. The number of para-hydroxylation sites is 1. The number of rotatable bonds is 6. The normalized spacial score (nSPS) is 11.7. The van der Waals surface area contributed by atoms with Gasteiger partial charge in [-0.25, -0.2) is 4.79 Å². The second-order valence-electron chi connectivity index (χ2n) is 8.02. The summed E-state index contributed by atoms with van der Waals surface area (Å²) in [5.74, 6) is 0.139. The first-order chi connectivity index (χ1) is 14.6. The van der Waals surface area contributed by atoms with E-state index in [2.05, 4.69) is 10.1 Å². The molecule has 0 aliphatic heterocycles. The Morgan fingerprint density at radius 2 is 1.94 bits per heavy atom. The molecule has 0 aliphatic rings. The predicted octanol–water partition coefficient (Wildman–Crippen LogP) is 2.91. The molecule has 0 radical (unpaired) electrons. The van der Waals surface area contributed by atoms with E-state index in [1.165, 1.54) is 25.5 Å². The van der Waals surface area contributed by atoms with Gasteiger partial charge in [-0.2, -0.15) is 5.10 Å². The molecule has 1 N–H and O–H groups in total. The van der Waals surface area contributed by atoms with Crippen LogP contribution in [0.25, 0.3) is 10.9 Å². The minimum Gasteiger partial charge on any atom is -0.493 e. The van der Waals surface area contributed by atoms with Gasteiger partial charge in [0.2, 0.25) is 5.75 Å². The summed E-state index contributed by atoms with van der Waals surface area (Å²) in [7, 11) is 1.36. The summed E-state index contributed by atoms with van der Waals surface area (Å²) in [5, 5.41) is 15.8. The van der Waals surface area contributed by atoms with Crippen LogP contribution in [-0.2, 0) is 0 Å². The van der Waals surface area contributed by atoms with Crippen LogP contribution in [0.5, 0.6) is 11.5 Å². The largest absolute Gasteiger partial charge is 0.493 e. The zero-order valence-corrected chi connectivity index (χ0v) is 17.5. The highest BCUT2D eigenvalue weighted by molar-refractivity contribution is 5.83. The fourth-order valence-corrected chi connectivity index (χ4v) is 2.79. The fraction of sp³-hybridized carbons (Fsp3) is 0.286. The molecule has 10 nitrogen and oxygen atoms in total. The van der Waals surface area contributed by atoms with Crippen molar-refractivity contribution in [1.82, 2.24) is 9.66 Å². The lowest BCUT2D eigenvalue weighted by Crippen LogP contribution is -2.32. The zero-order valence-electron chi connectivity index (χ0n) is 17.5. The van der Waals surface area contributed by atoms with Gasteiger partial charge in [0.25, 0.3) is 5.56 Å². The molecular weight excluding hydrogens is 404 g/mol. The third-order valence-electron chi connectivity index (χ3n) is 4.23. The lowest BCUT2D eigenvalue weighted by Gasteiger charge is -2.20. The van der Waals surface area contributed by atoms with Crippen LogP contribution in [0.1, 0.15) is 26.3 Å². The van der Waals surface area contributed by atoms with Crippen LogP contribution in [0, 0.1) is 15.5 Å². The molecule has 0 unspecified atom stereocenters. The molecule has 0 bridgehead atoms. The van der Waals surface area contributed by atoms with Crippen molar-refractivity contribution in [2.45, 2.75) is 20.8 Å². The van der Waals surface area contributed by atoms with Gasteiger partial charge in [0.15, 0.2) is 5.75 Å². The number of nitro benzene ring substituents is 1. The van der Waals surface area contributed by atoms with Crippen molar-refractivity contribution in [3.8, 4) is 11.5 Å². The lowest BCUT2D eigenvalue weighted by atomic mass is 9.98. The molecule has 31 heavy (non-hydrogen) atoms. The monoisotopic (exact) mass is 426 g/mol. The Bertz CT molecular complexity index is 1280. The Morgan fingerprint density at radius 3 is 2.58 bits per heavy atom. The van der Waals surface area contributed by atoms with Gasteiger partial charge in [0.1, 0.15) is 0 Å². The third kappa shape index (κ3) is 4.80. The summed E-state index contributed by atoms with van der Waals surface area (Å²) < 4.78 is 11.6. The van der Waals surface area contributed by atoms with E-state index in [-0.39, 0.29) is 40.2 Å². The Balaban J connectivity index is 2.06. The molecule has 0 saturated carbocycles. The van der Waals surface area contributed by atoms with Crippen LogP contribution in [0.15, 0.2) is 51.1 Å². The summed E-state index contributed by atoms with van der Waals surface area (Å²) in [5.41, 5.74) is -1.23. The molecule has 0 fully saturated rings. The van der Waals surface area contributed by atoms with Crippen LogP contribution in [-0.4, -0.2) is 34.5 Å². The second kappa shape index (κ2) is 8.42. The van der Waals surface area contributed by atoms with Crippen molar-refractivity contribution in [3.63, 3.8) is 0 Å². The number of nitrogens with zero attached hydrogens (tertiary/aromatic N) is 3. The van der Waals surface area contributed by atoms with E-state index in [4.69, 9.17) is 9.47 Å². The van der Waals surface area contributed by atoms with Gasteiger partial charge in [0.05, 0.1) is 35.8 Å². The maximum absolute atomic E-state index is 12.6. The quantitative estimate of drug-likeness (QED) is 0.367. The van der Waals surface area contributed by atoms with Crippen LogP contribution in [0.4, 0.5) is 5.69 Å². The van der Waals surface area contributed by atoms with Crippen molar-refractivity contribution in [3.05, 3.63) is 72.9 Å². The first-order valence-corrected chi connectivity index (χ1v) is 9.38. The third-order valence-corrected chi connectivity index (χ3v) is 4.23. The number of nitro groups is 1. The predicted molar refractivity (Wildman–Crippen MR) is 116 cm³/mol. The Kier molecular flexibility index (Phi) is 5.91. The van der Waals surface area contributed by atoms with Gasteiger partial charge in [-0.3, -0.25) is 14.9 Å². The van der Waals surface area contributed by atoms with Crippen molar-refractivity contribution < 1.29 is 14.4 Å². The molecule has 0 spiro atoms. The second-order valence-corrected chi connectivity index (χ2v) is 8.02. The molecule has 0 atom stereocenters. The van der Waals surface area contributed by atoms with Gasteiger partial charge in [0, 0.05) is 11.6 Å². The first-order valence-electron chi connectivity index (χ1n) is 9.38. The number of methoxy groups -OCH3 is 1. The first kappa shape index (κ1) is 21.8. The summed E-state index contributed by atoms with van der Waals surface area (Å²) in [6.45, 7) is 6.04. The van der Waals surface area contributed by atoms with Gasteiger partial charge >= 0.3 is 11.4 Å². The van der Waals surface area contributed by atoms with Crippen molar-refractivity contribution in [2.24, 2.45) is 10.5 Å². The average molecular weight is 426 g/mol. The minimum absolute atomic E-state index is 0.000273. The van der Waals surface area contributed by atoms with E-state index in [9.17, 15) is 19.7 Å². The van der Waals surface area contributed by atoms with Crippen molar-refractivity contribution in [2.75, 3.05) is 13.7 Å². The van der Waals surface area contributed by atoms with E-state index < -0.39 is 16.2 Å². The number of nitrogens with one attached hydrogen (secondary N) is 1. The summed E-state index contributed by atoms with van der Waals surface area (Å²) in [6, 6.07) is 9.26. The van der Waals surface area contributed by atoms with E-state index in [0.717, 1.165) is 0 Å². The molecule has 1 heterocycles. The Labute approximate surface area is 176 Å². The Hall–Kier alpha value is -3.95. The molecule has 0 amide bonds. The maximum atomic E-state index is 12.6. The number of hydrogen-bond donors (Lipinski definition) is 1. The van der Waals surface area contributed by atoms with Crippen LogP contribution in [0.2, 0.25) is 0 Å². The Morgan fingerprint density at radius 1 is 1.23 bits per heavy atom. The standard InChI is InChI=1S/C21H22N4O6/c1-21(2,3)12-31-18-16(25(28)29)9-13(10-17(18)30-4)11-22-24-19(26)14-7-5-6-8-15(14)23-20(24)27/h5-11H,12H2,1-4H3,(H,23,27). The number of aromatic amines is 1. The smallest absolute Gasteiger partial charge is 0.349 e. The molecule has 2 aromatic carbocycles. The molecule has 0 aliphatic carbocycles. The van der Waals surface area contributed by atoms with Crippen LogP contribution >= 0.6 is 0 Å². The summed E-state index contributed by atoms with van der Waals surface area (Å²) >= 11 is 0. The number of H-pyrrole nitrogens is 1. The van der Waals surface area contributed by atoms with Gasteiger partial charge in [-0.05, 0) is 23.6 Å². The molecular formula is C21H22N4O6. The molecule has 3 aromatic rings. The maximum Gasteiger partial charge on any atom is 0.349 e. The molecule has 3 rings (SSSR count). The van der Waals surface area contributed by atoms with E-state index in [1.54, 1.807) is 24.3 Å². The molecule has 1 aromatic heterocycles. The van der Waals surface area contributed by atoms with Crippen molar-refractivity contribution >= 4 is 22.8 Å². The fourth-order valence-electron chi connectivity index (χ4n) is 2.79. The molecule has 162 valence electrons. The number of fused-ring (bicyclic) bond motifs is 1. The lowest BCUT2D eigenvalue weighted by molar-refractivity contribution is -0.386. The van der Waals surface area contributed by atoms with Gasteiger partial charge in [-0.1, -0.05) is 32.9 Å². The van der Waals surface area contributed by atoms with Crippen molar-refractivity contribution in [1.29, 1.82) is 0 Å². The van der Waals surface area contributed by atoms with Gasteiger partial charge < -0.3 is 14.5 Å². The minimum atomic E-state index is -0.730. The molecule has 0 saturated heterocycles. The number of hydrogen-bond acceptors (Lipinski definition) is 7. The average Bonchev–Trinajstić information content (AvgIpc) is 2.71. The number of benzene rings is 2. The van der Waals surface area contributed by atoms with Crippen LogP contribution in [0.3, 0.4) is 0 Å². The SMILES string of the molecule is COc1cc(C=Nn2c(=O)[nH]c3ccccc3c2=O)cc([N+](=O)[O-])c1OCC(C)(C)C.